The van der Waals surface area contributed by atoms with Crippen LogP contribution >= 0.6 is 12.2 Å². The maximum Gasteiger partial charge on any atom is 0.138 e. The zero-order chi connectivity index (χ0) is 13.2. The molecule has 4 nitrogen and oxygen atoms in total. The van der Waals surface area contributed by atoms with Crippen molar-refractivity contribution in [1.82, 2.24) is 14.9 Å². The van der Waals surface area contributed by atoms with Crippen LogP contribution in [0.2, 0.25) is 0 Å². The van der Waals surface area contributed by atoms with Crippen molar-refractivity contribution in [2.75, 3.05) is 26.7 Å². The number of aryl methyl sites for hydroxylation is 1. The minimum absolute atomic E-state index is 0.0361. The van der Waals surface area contributed by atoms with Gasteiger partial charge in [0, 0.05) is 24.3 Å². The summed E-state index contributed by atoms with van der Waals surface area (Å²) in [6.45, 7) is 2.64. The van der Waals surface area contributed by atoms with Gasteiger partial charge in [-0.3, -0.25) is 0 Å². The van der Waals surface area contributed by atoms with Gasteiger partial charge in [-0.1, -0.05) is 18.6 Å². The summed E-state index contributed by atoms with van der Waals surface area (Å²) in [4.78, 5) is 10.4. The first-order valence-corrected chi connectivity index (χ1v) is 7.57. The molecule has 1 aromatic rings. The minimum Gasteiger partial charge on any atom is -0.368 e. The van der Waals surface area contributed by atoms with Crippen molar-refractivity contribution in [2.45, 2.75) is 38.2 Å². The van der Waals surface area contributed by atoms with E-state index in [4.69, 9.17) is 17.0 Å². The van der Waals surface area contributed by atoms with Crippen LogP contribution in [0.5, 0.6) is 0 Å². The van der Waals surface area contributed by atoms with Gasteiger partial charge in [0.05, 0.1) is 6.61 Å². The second-order valence-electron chi connectivity index (χ2n) is 5.57. The summed E-state index contributed by atoms with van der Waals surface area (Å²) in [5.74, 6) is 0.914. The molecular formula is C14H21N3OS. The molecule has 2 aliphatic rings. The molecular weight excluding hydrogens is 258 g/mol. The SMILES string of the molecule is CN1CCOC(c2nc(=S)c3c([nH]2)CCCCC3)C1. The van der Waals surface area contributed by atoms with Crippen LogP contribution in [0.15, 0.2) is 0 Å². The molecule has 1 N–H and O–H groups in total. The summed E-state index contributed by atoms with van der Waals surface area (Å²) in [7, 11) is 2.12. The van der Waals surface area contributed by atoms with Crippen molar-refractivity contribution in [2.24, 2.45) is 0 Å². The highest BCUT2D eigenvalue weighted by molar-refractivity contribution is 7.71. The number of rotatable bonds is 1. The monoisotopic (exact) mass is 279 g/mol. The molecule has 104 valence electrons. The van der Waals surface area contributed by atoms with Gasteiger partial charge in [-0.05, 0) is 32.7 Å². The number of H-pyrrole nitrogens is 1. The highest BCUT2D eigenvalue weighted by Crippen LogP contribution is 2.23. The van der Waals surface area contributed by atoms with Gasteiger partial charge < -0.3 is 14.6 Å². The number of aromatic nitrogens is 2. The van der Waals surface area contributed by atoms with E-state index in [0.29, 0.717) is 0 Å². The van der Waals surface area contributed by atoms with E-state index in [9.17, 15) is 0 Å². The van der Waals surface area contributed by atoms with Crippen LogP contribution in [0.4, 0.5) is 0 Å². The Hall–Kier alpha value is -0.780. The third kappa shape index (κ3) is 2.88. The average Bonchev–Trinajstić information content (AvgIpc) is 2.64. The largest absolute Gasteiger partial charge is 0.368 e. The molecule has 0 amide bonds. The Morgan fingerprint density at radius 1 is 1.32 bits per heavy atom. The second-order valence-corrected chi connectivity index (χ2v) is 5.95. The minimum atomic E-state index is 0.0361. The zero-order valence-electron chi connectivity index (χ0n) is 11.4. The number of nitrogens with zero attached hydrogens (tertiary/aromatic N) is 2. The van der Waals surface area contributed by atoms with E-state index < -0.39 is 0 Å². The third-order valence-corrected chi connectivity index (χ3v) is 4.39. The van der Waals surface area contributed by atoms with E-state index in [2.05, 4.69) is 21.9 Å². The standard InChI is InChI=1S/C14H21N3OS/c1-17-7-8-18-12(9-17)13-15-11-6-4-2-3-5-10(11)14(19)16-13/h12H,2-9H2,1H3,(H,15,16,19). The first kappa shape index (κ1) is 13.2. The molecule has 1 unspecified atom stereocenters. The second kappa shape index (κ2) is 5.69. The molecule has 1 saturated heterocycles. The lowest BCUT2D eigenvalue weighted by Gasteiger charge is -2.29. The Labute approximate surface area is 119 Å². The van der Waals surface area contributed by atoms with Crippen LogP contribution in [0, 0.1) is 4.64 Å². The lowest BCUT2D eigenvalue weighted by Crippen LogP contribution is -2.36. The summed E-state index contributed by atoms with van der Waals surface area (Å²) >= 11 is 5.49. The van der Waals surface area contributed by atoms with E-state index in [1.165, 1.54) is 30.5 Å². The lowest BCUT2D eigenvalue weighted by molar-refractivity contribution is -0.0256. The van der Waals surface area contributed by atoms with E-state index in [1.54, 1.807) is 0 Å². The molecule has 0 radical (unpaired) electrons. The fourth-order valence-corrected chi connectivity index (χ4v) is 3.23. The van der Waals surface area contributed by atoms with Crippen LogP contribution in [0.25, 0.3) is 0 Å². The average molecular weight is 279 g/mol. The van der Waals surface area contributed by atoms with Gasteiger partial charge in [0.25, 0.3) is 0 Å². The number of likely N-dealkylation sites (N-methyl/N-ethyl adjacent to an activating group) is 1. The number of aromatic amines is 1. The van der Waals surface area contributed by atoms with E-state index in [-0.39, 0.29) is 6.10 Å². The first-order chi connectivity index (χ1) is 9.24. The molecule has 1 atom stereocenters. The van der Waals surface area contributed by atoms with Crippen molar-refractivity contribution in [3.05, 3.63) is 21.7 Å². The predicted molar refractivity (Wildman–Crippen MR) is 76.9 cm³/mol. The van der Waals surface area contributed by atoms with Crippen molar-refractivity contribution in [3.63, 3.8) is 0 Å². The van der Waals surface area contributed by atoms with Crippen LogP contribution in [0.3, 0.4) is 0 Å². The fraction of sp³-hybridized carbons (Fsp3) is 0.714. The van der Waals surface area contributed by atoms with Gasteiger partial charge >= 0.3 is 0 Å². The van der Waals surface area contributed by atoms with Gasteiger partial charge in [-0.15, -0.1) is 0 Å². The molecule has 0 aromatic carbocycles. The van der Waals surface area contributed by atoms with Crippen molar-refractivity contribution in [1.29, 1.82) is 0 Å². The first-order valence-electron chi connectivity index (χ1n) is 7.16. The number of nitrogens with one attached hydrogen (secondary N) is 1. The quantitative estimate of drug-likeness (QED) is 0.633. The highest BCUT2D eigenvalue weighted by atomic mass is 32.1. The Morgan fingerprint density at radius 2 is 2.16 bits per heavy atom. The molecule has 19 heavy (non-hydrogen) atoms. The fourth-order valence-electron chi connectivity index (χ4n) is 2.91. The molecule has 1 aliphatic carbocycles. The Morgan fingerprint density at radius 3 is 3.00 bits per heavy atom. The molecule has 2 heterocycles. The van der Waals surface area contributed by atoms with Crippen LogP contribution < -0.4 is 0 Å². The van der Waals surface area contributed by atoms with Gasteiger partial charge in [0.15, 0.2) is 0 Å². The van der Waals surface area contributed by atoms with Crippen molar-refractivity contribution < 1.29 is 4.74 Å². The zero-order valence-corrected chi connectivity index (χ0v) is 12.3. The number of hydrogen-bond acceptors (Lipinski definition) is 4. The van der Waals surface area contributed by atoms with E-state index in [1.807, 2.05) is 0 Å². The predicted octanol–water partition coefficient (Wildman–Crippen LogP) is 2.41. The third-order valence-electron chi connectivity index (χ3n) is 4.05. The maximum atomic E-state index is 5.83. The van der Waals surface area contributed by atoms with Crippen molar-refractivity contribution in [3.8, 4) is 0 Å². The Kier molecular flexibility index (Phi) is 3.96. The molecule has 1 aliphatic heterocycles. The van der Waals surface area contributed by atoms with Gasteiger partial charge in [0.2, 0.25) is 0 Å². The summed E-state index contributed by atoms with van der Waals surface area (Å²) in [6, 6.07) is 0. The molecule has 5 heteroatoms. The van der Waals surface area contributed by atoms with Gasteiger partial charge in [0.1, 0.15) is 16.6 Å². The summed E-state index contributed by atoms with van der Waals surface area (Å²) < 4.78 is 6.61. The normalized spacial score (nSPS) is 24.8. The maximum absolute atomic E-state index is 5.83. The van der Waals surface area contributed by atoms with Crippen LogP contribution in [-0.4, -0.2) is 41.6 Å². The number of fused-ring (bicyclic) bond motifs is 1. The number of morpholine rings is 1. The molecule has 0 spiro atoms. The number of hydrogen-bond donors (Lipinski definition) is 1. The van der Waals surface area contributed by atoms with Gasteiger partial charge in [-0.25, -0.2) is 4.98 Å². The van der Waals surface area contributed by atoms with E-state index in [0.717, 1.165) is 43.0 Å². The molecule has 1 aromatic heterocycles. The van der Waals surface area contributed by atoms with Crippen LogP contribution in [-0.2, 0) is 17.6 Å². The van der Waals surface area contributed by atoms with Gasteiger partial charge in [-0.2, -0.15) is 0 Å². The summed E-state index contributed by atoms with van der Waals surface area (Å²) in [6.07, 6.45) is 5.96. The summed E-state index contributed by atoms with van der Waals surface area (Å²) in [5.41, 5.74) is 2.56. The smallest absolute Gasteiger partial charge is 0.138 e. The van der Waals surface area contributed by atoms with Crippen LogP contribution in [0.1, 0.15) is 42.4 Å². The topological polar surface area (TPSA) is 41.1 Å². The van der Waals surface area contributed by atoms with Crippen molar-refractivity contribution >= 4 is 12.2 Å². The Bertz CT molecular complexity index is 514. The Balaban J connectivity index is 1.92. The lowest BCUT2D eigenvalue weighted by atomic mass is 10.1. The molecule has 3 rings (SSSR count). The summed E-state index contributed by atoms with van der Waals surface area (Å²) in [5, 5.41) is 0. The highest BCUT2D eigenvalue weighted by Gasteiger charge is 2.23. The molecule has 0 bridgehead atoms. The van der Waals surface area contributed by atoms with E-state index >= 15 is 0 Å². The molecule has 1 fully saturated rings. The number of ether oxygens (including phenoxy) is 1. The molecule has 0 saturated carbocycles.